The highest BCUT2D eigenvalue weighted by molar-refractivity contribution is 6.34. The summed E-state index contributed by atoms with van der Waals surface area (Å²) in [5, 5.41) is 3.35. The number of aromatic nitrogens is 1. The van der Waals surface area contributed by atoms with Crippen LogP contribution in [0.3, 0.4) is 0 Å². The molecule has 0 fully saturated rings. The number of rotatable bonds is 3. The molecular weight excluding hydrogens is 390 g/mol. The maximum Gasteiger partial charge on any atom is 0.257 e. The molecule has 0 spiro atoms. The van der Waals surface area contributed by atoms with Gasteiger partial charge in [0.1, 0.15) is 11.3 Å². The van der Waals surface area contributed by atoms with E-state index in [4.69, 9.17) is 27.6 Å². The molecule has 0 bridgehead atoms. The monoisotopic (exact) mass is 400 g/mol. The zero-order valence-electron chi connectivity index (χ0n) is 13.7. The second kappa shape index (κ2) is 7.02. The minimum Gasteiger partial charge on any atom is -0.436 e. The average molecular weight is 401 g/mol. The van der Waals surface area contributed by atoms with E-state index in [1.54, 1.807) is 42.5 Å². The van der Waals surface area contributed by atoms with Gasteiger partial charge in [0.15, 0.2) is 5.58 Å². The van der Waals surface area contributed by atoms with Crippen LogP contribution in [0.1, 0.15) is 10.4 Å². The fraction of sp³-hybridized carbons (Fsp3) is 0. The molecule has 0 saturated heterocycles. The number of nitrogens with zero attached hydrogens (tertiary/aromatic N) is 1. The highest BCUT2D eigenvalue weighted by Crippen LogP contribution is 2.31. The molecule has 0 unspecified atom stereocenters. The number of nitrogens with one attached hydrogen (secondary N) is 1. The Bertz CT molecular complexity index is 1170. The van der Waals surface area contributed by atoms with Gasteiger partial charge in [-0.25, -0.2) is 9.37 Å². The summed E-state index contributed by atoms with van der Waals surface area (Å²) < 4.78 is 18.9. The van der Waals surface area contributed by atoms with Crippen LogP contribution < -0.4 is 5.32 Å². The fourth-order valence-corrected chi connectivity index (χ4v) is 3.10. The molecule has 4 rings (SSSR count). The molecule has 4 aromatic rings. The van der Waals surface area contributed by atoms with E-state index in [0.717, 1.165) is 0 Å². The Morgan fingerprint density at radius 2 is 1.81 bits per heavy atom. The molecule has 0 radical (unpaired) electrons. The molecule has 3 aromatic carbocycles. The Morgan fingerprint density at radius 3 is 2.59 bits per heavy atom. The van der Waals surface area contributed by atoms with Gasteiger partial charge in [-0.3, -0.25) is 4.79 Å². The number of benzene rings is 3. The topological polar surface area (TPSA) is 55.1 Å². The van der Waals surface area contributed by atoms with Crippen LogP contribution >= 0.6 is 23.2 Å². The van der Waals surface area contributed by atoms with Crippen molar-refractivity contribution in [3.05, 3.63) is 82.1 Å². The van der Waals surface area contributed by atoms with Crippen molar-refractivity contribution < 1.29 is 13.6 Å². The molecule has 0 aliphatic heterocycles. The highest BCUT2D eigenvalue weighted by Gasteiger charge is 2.14. The van der Waals surface area contributed by atoms with Crippen molar-refractivity contribution in [2.24, 2.45) is 0 Å². The van der Waals surface area contributed by atoms with E-state index in [0.29, 0.717) is 32.9 Å². The van der Waals surface area contributed by atoms with Crippen molar-refractivity contribution in [3.8, 4) is 11.5 Å². The highest BCUT2D eigenvalue weighted by atomic mass is 35.5. The summed E-state index contributed by atoms with van der Waals surface area (Å²) in [5.74, 6) is -0.501. The quantitative estimate of drug-likeness (QED) is 0.445. The number of carbonyl (C=O) groups excluding carboxylic acids is 1. The largest absolute Gasteiger partial charge is 0.436 e. The normalized spacial score (nSPS) is 10.9. The number of oxazole rings is 1. The lowest BCUT2D eigenvalue weighted by molar-refractivity contribution is 0.102. The first-order valence-electron chi connectivity index (χ1n) is 7.93. The van der Waals surface area contributed by atoms with Crippen molar-refractivity contribution in [2.75, 3.05) is 5.32 Å². The molecule has 134 valence electrons. The van der Waals surface area contributed by atoms with Crippen molar-refractivity contribution in [2.45, 2.75) is 0 Å². The van der Waals surface area contributed by atoms with Gasteiger partial charge in [0, 0.05) is 5.69 Å². The lowest BCUT2D eigenvalue weighted by Crippen LogP contribution is -2.12. The Labute approximate surface area is 163 Å². The second-order valence-electron chi connectivity index (χ2n) is 5.76. The van der Waals surface area contributed by atoms with E-state index in [-0.39, 0.29) is 16.8 Å². The summed E-state index contributed by atoms with van der Waals surface area (Å²) in [5.41, 5.74) is 2.44. The van der Waals surface area contributed by atoms with Crippen LogP contribution in [0.15, 0.2) is 65.1 Å². The van der Waals surface area contributed by atoms with E-state index in [1.165, 1.54) is 18.2 Å². The SMILES string of the molecule is O=C(Nc1ccc2oc(-c3ccc(F)cc3Cl)nc2c1)c1ccccc1Cl. The summed E-state index contributed by atoms with van der Waals surface area (Å²) in [6.07, 6.45) is 0. The Morgan fingerprint density at radius 1 is 1.00 bits per heavy atom. The van der Waals surface area contributed by atoms with Crippen LogP contribution in [0, 0.1) is 5.82 Å². The van der Waals surface area contributed by atoms with Gasteiger partial charge in [-0.1, -0.05) is 35.3 Å². The molecule has 4 nitrogen and oxygen atoms in total. The Kier molecular flexibility index (Phi) is 4.56. The van der Waals surface area contributed by atoms with Crippen molar-refractivity contribution >= 4 is 45.9 Å². The van der Waals surface area contributed by atoms with Gasteiger partial charge in [-0.2, -0.15) is 0 Å². The van der Waals surface area contributed by atoms with Gasteiger partial charge >= 0.3 is 0 Å². The third-order valence-electron chi connectivity index (χ3n) is 3.93. The average Bonchev–Trinajstić information content (AvgIpc) is 3.05. The minimum absolute atomic E-state index is 0.203. The predicted molar refractivity (Wildman–Crippen MR) is 104 cm³/mol. The van der Waals surface area contributed by atoms with E-state index in [1.807, 2.05) is 0 Å². The van der Waals surface area contributed by atoms with Gasteiger partial charge in [0.2, 0.25) is 5.89 Å². The maximum absolute atomic E-state index is 13.2. The molecule has 0 aliphatic carbocycles. The summed E-state index contributed by atoms with van der Waals surface area (Å²) in [6, 6.07) is 15.8. The predicted octanol–water partition coefficient (Wildman–Crippen LogP) is 6.19. The number of hydrogen-bond acceptors (Lipinski definition) is 3. The number of amides is 1. The zero-order valence-corrected chi connectivity index (χ0v) is 15.2. The number of hydrogen-bond donors (Lipinski definition) is 1. The molecule has 0 atom stereocenters. The van der Waals surface area contributed by atoms with Crippen LogP contribution in [0.25, 0.3) is 22.6 Å². The van der Waals surface area contributed by atoms with Crippen molar-refractivity contribution in [1.82, 2.24) is 4.98 Å². The zero-order chi connectivity index (χ0) is 19.0. The molecule has 1 aromatic heterocycles. The summed E-state index contributed by atoms with van der Waals surface area (Å²) in [4.78, 5) is 16.8. The molecule has 0 saturated carbocycles. The first-order valence-corrected chi connectivity index (χ1v) is 8.69. The number of fused-ring (bicyclic) bond motifs is 1. The third kappa shape index (κ3) is 3.52. The molecule has 0 aliphatic rings. The molecule has 1 N–H and O–H groups in total. The van der Waals surface area contributed by atoms with E-state index in [9.17, 15) is 9.18 Å². The standard InChI is InChI=1S/C20H11Cl2FN2O2/c21-15-4-2-1-3-13(15)19(26)24-12-6-8-18-17(10-12)25-20(27-18)14-7-5-11(23)9-16(14)22/h1-10H,(H,24,26). The Balaban J connectivity index is 1.65. The summed E-state index contributed by atoms with van der Waals surface area (Å²) in [6.45, 7) is 0. The fourth-order valence-electron chi connectivity index (χ4n) is 2.63. The van der Waals surface area contributed by atoms with Crippen LogP contribution in [-0.4, -0.2) is 10.9 Å². The van der Waals surface area contributed by atoms with Gasteiger partial charge in [0.05, 0.1) is 21.2 Å². The van der Waals surface area contributed by atoms with Crippen LogP contribution in [0.2, 0.25) is 10.0 Å². The number of carbonyl (C=O) groups is 1. The first-order chi connectivity index (χ1) is 13.0. The molecular formula is C20H11Cl2FN2O2. The van der Waals surface area contributed by atoms with Crippen molar-refractivity contribution in [1.29, 1.82) is 0 Å². The number of anilines is 1. The van der Waals surface area contributed by atoms with Crippen LogP contribution in [-0.2, 0) is 0 Å². The van der Waals surface area contributed by atoms with Gasteiger partial charge in [0.25, 0.3) is 5.91 Å². The van der Waals surface area contributed by atoms with Crippen LogP contribution in [0.4, 0.5) is 10.1 Å². The molecule has 1 amide bonds. The van der Waals surface area contributed by atoms with E-state index < -0.39 is 5.82 Å². The lowest BCUT2D eigenvalue weighted by Gasteiger charge is -2.06. The molecule has 7 heteroatoms. The summed E-state index contributed by atoms with van der Waals surface area (Å²) >= 11 is 12.1. The number of halogens is 3. The van der Waals surface area contributed by atoms with Crippen LogP contribution in [0.5, 0.6) is 0 Å². The maximum atomic E-state index is 13.2. The Hall–Kier alpha value is -2.89. The van der Waals surface area contributed by atoms with Gasteiger partial charge < -0.3 is 9.73 Å². The molecule has 27 heavy (non-hydrogen) atoms. The third-order valence-corrected chi connectivity index (χ3v) is 4.57. The van der Waals surface area contributed by atoms with Gasteiger partial charge in [-0.05, 0) is 48.5 Å². The second-order valence-corrected chi connectivity index (χ2v) is 6.57. The first kappa shape index (κ1) is 17.5. The van der Waals surface area contributed by atoms with Crippen molar-refractivity contribution in [3.63, 3.8) is 0 Å². The van der Waals surface area contributed by atoms with E-state index in [2.05, 4.69) is 10.3 Å². The van der Waals surface area contributed by atoms with E-state index >= 15 is 0 Å². The van der Waals surface area contributed by atoms with Gasteiger partial charge in [-0.15, -0.1) is 0 Å². The summed E-state index contributed by atoms with van der Waals surface area (Å²) in [7, 11) is 0. The molecule has 1 heterocycles. The lowest BCUT2D eigenvalue weighted by atomic mass is 10.2. The smallest absolute Gasteiger partial charge is 0.257 e. The minimum atomic E-state index is -0.440.